The zero-order valence-corrected chi connectivity index (χ0v) is 12.1. The van der Waals surface area contributed by atoms with Crippen LogP contribution in [-0.4, -0.2) is 28.9 Å². The summed E-state index contributed by atoms with van der Waals surface area (Å²) in [6.45, 7) is 9.15. The van der Waals surface area contributed by atoms with Crippen LogP contribution < -0.4 is 5.32 Å². The van der Waals surface area contributed by atoms with Gasteiger partial charge < -0.3 is 5.32 Å². The van der Waals surface area contributed by atoms with Gasteiger partial charge in [-0.1, -0.05) is 13.8 Å². The van der Waals surface area contributed by atoms with Gasteiger partial charge in [0.2, 0.25) is 5.91 Å². The predicted octanol–water partition coefficient (Wildman–Crippen LogP) is 2.82. The Bertz CT molecular complexity index is 422. The molecule has 1 fully saturated rings. The van der Waals surface area contributed by atoms with E-state index >= 15 is 0 Å². The Morgan fingerprint density at radius 1 is 1.44 bits per heavy atom. The fourth-order valence-corrected chi connectivity index (χ4v) is 3.31. The fourth-order valence-electron chi connectivity index (χ4n) is 2.28. The Labute approximate surface area is 112 Å². The Balaban J connectivity index is 2.15. The van der Waals surface area contributed by atoms with Crippen molar-refractivity contribution in [2.45, 2.75) is 46.1 Å². The molecule has 1 aliphatic heterocycles. The average Bonchev–Trinajstić information content (AvgIpc) is 2.87. The van der Waals surface area contributed by atoms with Gasteiger partial charge in [-0.2, -0.15) is 0 Å². The highest BCUT2D eigenvalue weighted by atomic mass is 32.1. The molecule has 0 saturated carbocycles. The lowest BCUT2D eigenvalue weighted by Crippen LogP contribution is -2.19. The normalized spacial score (nSPS) is 16.4. The van der Waals surface area contributed by atoms with E-state index in [1.165, 1.54) is 37.7 Å². The molecule has 1 aliphatic rings. The second-order valence-electron chi connectivity index (χ2n) is 5.15. The molecule has 0 aromatic carbocycles. The summed E-state index contributed by atoms with van der Waals surface area (Å²) in [6.07, 6.45) is 2.58. The van der Waals surface area contributed by atoms with Gasteiger partial charge in [-0.25, -0.2) is 4.98 Å². The van der Waals surface area contributed by atoms with Gasteiger partial charge in [0.1, 0.15) is 0 Å². The van der Waals surface area contributed by atoms with Crippen LogP contribution in [0.4, 0.5) is 5.13 Å². The molecule has 2 heterocycles. The summed E-state index contributed by atoms with van der Waals surface area (Å²) in [7, 11) is 0. The van der Waals surface area contributed by atoms with Crippen molar-refractivity contribution in [2.75, 3.05) is 18.4 Å². The lowest BCUT2D eigenvalue weighted by atomic mass is 10.1. The molecular weight excluding hydrogens is 246 g/mol. The van der Waals surface area contributed by atoms with E-state index in [9.17, 15) is 4.79 Å². The first-order valence-corrected chi connectivity index (χ1v) is 7.37. The van der Waals surface area contributed by atoms with Crippen molar-refractivity contribution < 1.29 is 4.79 Å². The van der Waals surface area contributed by atoms with E-state index in [1.54, 1.807) is 11.3 Å². The van der Waals surface area contributed by atoms with E-state index in [4.69, 9.17) is 0 Å². The largest absolute Gasteiger partial charge is 0.302 e. The van der Waals surface area contributed by atoms with Crippen LogP contribution in [0.15, 0.2) is 0 Å². The Kier molecular flexibility index (Phi) is 4.35. The molecule has 2 rings (SSSR count). The highest BCUT2D eigenvalue weighted by Crippen LogP contribution is 2.31. The van der Waals surface area contributed by atoms with Gasteiger partial charge in [-0.3, -0.25) is 9.69 Å². The van der Waals surface area contributed by atoms with E-state index in [0.717, 1.165) is 17.4 Å². The highest BCUT2D eigenvalue weighted by molar-refractivity contribution is 7.16. The zero-order chi connectivity index (χ0) is 13.1. The van der Waals surface area contributed by atoms with E-state index < -0.39 is 0 Å². The van der Waals surface area contributed by atoms with Crippen molar-refractivity contribution >= 4 is 22.4 Å². The highest BCUT2D eigenvalue weighted by Gasteiger charge is 2.19. The third kappa shape index (κ3) is 3.29. The number of carbonyl (C=O) groups excluding carboxylic acids is 1. The first-order chi connectivity index (χ1) is 8.56. The molecule has 1 N–H and O–H groups in total. The summed E-state index contributed by atoms with van der Waals surface area (Å²) in [5.74, 6) is 0.411. The van der Waals surface area contributed by atoms with Crippen LogP contribution in [0.1, 0.15) is 50.1 Å². The Hall–Kier alpha value is -0.940. The summed E-state index contributed by atoms with van der Waals surface area (Å²) in [4.78, 5) is 19.4. The van der Waals surface area contributed by atoms with Crippen LogP contribution in [0.2, 0.25) is 0 Å². The van der Waals surface area contributed by atoms with Crippen LogP contribution >= 0.6 is 11.3 Å². The first kappa shape index (κ1) is 13.5. The van der Waals surface area contributed by atoms with Crippen molar-refractivity contribution in [1.82, 2.24) is 9.88 Å². The SMILES string of the molecule is CC(=O)Nc1nc(CN2CCCC2)c(C(C)C)s1. The number of amides is 1. The van der Waals surface area contributed by atoms with Gasteiger partial charge in [0.15, 0.2) is 5.13 Å². The number of nitrogens with one attached hydrogen (secondary N) is 1. The van der Waals surface area contributed by atoms with E-state index in [0.29, 0.717) is 5.92 Å². The van der Waals surface area contributed by atoms with Crippen molar-refractivity contribution in [3.8, 4) is 0 Å². The van der Waals surface area contributed by atoms with Crippen molar-refractivity contribution in [3.05, 3.63) is 10.6 Å². The molecule has 1 saturated heterocycles. The molecule has 4 nitrogen and oxygen atoms in total. The smallest absolute Gasteiger partial charge is 0.223 e. The molecule has 0 radical (unpaired) electrons. The Morgan fingerprint density at radius 2 is 2.11 bits per heavy atom. The number of anilines is 1. The van der Waals surface area contributed by atoms with Gasteiger partial charge >= 0.3 is 0 Å². The number of carbonyl (C=O) groups is 1. The van der Waals surface area contributed by atoms with Gasteiger partial charge in [0, 0.05) is 18.3 Å². The molecule has 1 amide bonds. The maximum Gasteiger partial charge on any atom is 0.223 e. The van der Waals surface area contributed by atoms with E-state index in [2.05, 4.69) is 29.0 Å². The summed E-state index contributed by atoms with van der Waals surface area (Å²) in [5.41, 5.74) is 1.14. The van der Waals surface area contributed by atoms with Crippen molar-refractivity contribution in [3.63, 3.8) is 0 Å². The maximum absolute atomic E-state index is 11.1. The first-order valence-electron chi connectivity index (χ1n) is 6.56. The number of nitrogens with zero attached hydrogens (tertiary/aromatic N) is 2. The molecule has 5 heteroatoms. The summed E-state index contributed by atoms with van der Waals surface area (Å²) in [6, 6.07) is 0. The molecule has 0 unspecified atom stereocenters. The van der Waals surface area contributed by atoms with Crippen LogP contribution in [0.3, 0.4) is 0 Å². The third-order valence-corrected chi connectivity index (χ3v) is 4.42. The topological polar surface area (TPSA) is 45.2 Å². The number of rotatable bonds is 4. The summed E-state index contributed by atoms with van der Waals surface area (Å²) in [5, 5.41) is 3.53. The molecule has 0 aliphatic carbocycles. The van der Waals surface area contributed by atoms with Crippen LogP contribution in [0.25, 0.3) is 0 Å². The van der Waals surface area contributed by atoms with Crippen LogP contribution in [0, 0.1) is 0 Å². The predicted molar refractivity (Wildman–Crippen MR) is 75.0 cm³/mol. The third-order valence-electron chi connectivity index (χ3n) is 3.11. The molecule has 1 aromatic rings. The van der Waals surface area contributed by atoms with Crippen molar-refractivity contribution in [2.24, 2.45) is 0 Å². The molecule has 0 bridgehead atoms. The molecular formula is C13H21N3OS. The monoisotopic (exact) mass is 267 g/mol. The minimum atomic E-state index is -0.0493. The number of aromatic nitrogens is 1. The molecule has 100 valence electrons. The van der Waals surface area contributed by atoms with Gasteiger partial charge in [0.05, 0.1) is 5.69 Å². The standard InChI is InChI=1S/C13H21N3OS/c1-9(2)12-11(8-16-6-4-5-7-16)15-13(18-12)14-10(3)17/h9H,4-8H2,1-3H3,(H,14,15,17). The summed E-state index contributed by atoms with van der Waals surface area (Å²) >= 11 is 1.61. The average molecular weight is 267 g/mol. The fraction of sp³-hybridized carbons (Fsp3) is 0.692. The van der Waals surface area contributed by atoms with E-state index in [-0.39, 0.29) is 5.91 Å². The van der Waals surface area contributed by atoms with Gasteiger partial charge in [-0.05, 0) is 31.8 Å². The van der Waals surface area contributed by atoms with Crippen LogP contribution in [0.5, 0.6) is 0 Å². The molecule has 0 spiro atoms. The summed E-state index contributed by atoms with van der Waals surface area (Å²) < 4.78 is 0. The quantitative estimate of drug-likeness (QED) is 0.912. The lowest BCUT2D eigenvalue weighted by Gasteiger charge is -2.14. The number of hydrogen-bond acceptors (Lipinski definition) is 4. The molecule has 1 aromatic heterocycles. The minimum Gasteiger partial charge on any atom is -0.302 e. The number of hydrogen-bond donors (Lipinski definition) is 1. The zero-order valence-electron chi connectivity index (χ0n) is 11.3. The number of thiazole rings is 1. The second-order valence-corrected chi connectivity index (χ2v) is 6.18. The van der Waals surface area contributed by atoms with Gasteiger partial charge in [-0.15, -0.1) is 11.3 Å². The van der Waals surface area contributed by atoms with Gasteiger partial charge in [0.25, 0.3) is 0 Å². The molecule has 0 atom stereocenters. The second kappa shape index (κ2) is 5.80. The maximum atomic E-state index is 11.1. The Morgan fingerprint density at radius 3 is 2.67 bits per heavy atom. The van der Waals surface area contributed by atoms with Crippen molar-refractivity contribution in [1.29, 1.82) is 0 Å². The minimum absolute atomic E-state index is 0.0493. The number of likely N-dealkylation sites (tertiary alicyclic amines) is 1. The van der Waals surface area contributed by atoms with E-state index in [1.807, 2.05) is 0 Å². The molecule has 18 heavy (non-hydrogen) atoms. The lowest BCUT2D eigenvalue weighted by molar-refractivity contribution is -0.114. The van der Waals surface area contributed by atoms with Crippen LogP contribution in [-0.2, 0) is 11.3 Å².